The molecule has 34 heavy (non-hydrogen) atoms. The number of benzene rings is 1. The highest BCUT2D eigenvalue weighted by atomic mass is 32.1. The number of rotatable bonds is 5. The van der Waals surface area contributed by atoms with Gasteiger partial charge in [0.25, 0.3) is 11.8 Å². The third kappa shape index (κ3) is 3.42. The molecule has 4 heterocycles. The monoisotopic (exact) mass is 481 g/mol. The molecule has 1 saturated carbocycles. The summed E-state index contributed by atoms with van der Waals surface area (Å²) in [6.45, 7) is 3.20. The Balaban J connectivity index is 1.36. The van der Waals surface area contributed by atoms with E-state index in [1.165, 1.54) is 23.5 Å². The van der Waals surface area contributed by atoms with Gasteiger partial charge in [0.05, 0.1) is 24.1 Å². The first-order valence-electron chi connectivity index (χ1n) is 11.1. The number of alkyl halides is 2. The Labute approximate surface area is 197 Å². The van der Waals surface area contributed by atoms with Gasteiger partial charge in [-0.15, -0.1) is 21.5 Å². The van der Waals surface area contributed by atoms with Gasteiger partial charge in [-0.25, -0.2) is 9.97 Å². The fraction of sp³-hybridized carbons (Fsp3) is 0.348. The van der Waals surface area contributed by atoms with Gasteiger partial charge in [0.1, 0.15) is 12.1 Å². The lowest BCUT2D eigenvalue weighted by Crippen LogP contribution is -2.46. The molecule has 0 spiro atoms. The van der Waals surface area contributed by atoms with E-state index in [4.69, 9.17) is 0 Å². The molecule has 2 aliphatic rings. The number of carbonyl (C=O) groups is 1. The summed E-state index contributed by atoms with van der Waals surface area (Å²) in [5.74, 6) is -2.53. The molecule has 1 fully saturated rings. The minimum absolute atomic E-state index is 0.0321. The van der Waals surface area contributed by atoms with Crippen LogP contribution in [0.15, 0.2) is 42.4 Å². The van der Waals surface area contributed by atoms with Crippen LogP contribution in [0, 0.1) is 0 Å². The minimum Gasteiger partial charge on any atom is -0.309 e. The summed E-state index contributed by atoms with van der Waals surface area (Å²) in [6, 6.07) is 4.56. The summed E-state index contributed by atoms with van der Waals surface area (Å²) in [5.41, 5.74) is 1.30. The van der Waals surface area contributed by atoms with Gasteiger partial charge in [0, 0.05) is 34.8 Å². The van der Waals surface area contributed by atoms with Crippen molar-refractivity contribution in [2.75, 3.05) is 11.4 Å². The predicted molar refractivity (Wildman–Crippen MR) is 123 cm³/mol. The Morgan fingerprint density at radius 3 is 2.79 bits per heavy atom. The molecule has 0 N–H and O–H groups in total. The van der Waals surface area contributed by atoms with Crippen molar-refractivity contribution >= 4 is 23.1 Å². The fourth-order valence-corrected chi connectivity index (χ4v) is 5.00. The number of hydrogen-bond acceptors (Lipinski definition) is 6. The molecule has 0 unspecified atom stereocenters. The Bertz CT molecular complexity index is 1400. The van der Waals surface area contributed by atoms with E-state index < -0.39 is 18.4 Å². The van der Waals surface area contributed by atoms with E-state index in [0.717, 1.165) is 23.4 Å². The average Bonchev–Trinajstić information content (AvgIpc) is 3.23. The van der Waals surface area contributed by atoms with E-state index in [1.54, 1.807) is 28.7 Å². The van der Waals surface area contributed by atoms with E-state index in [2.05, 4.69) is 20.2 Å². The van der Waals surface area contributed by atoms with E-state index in [1.807, 2.05) is 24.6 Å². The molecule has 3 aromatic heterocycles. The molecule has 174 valence electrons. The quantitative estimate of drug-likeness (QED) is 0.409. The molecule has 1 aromatic carbocycles. The Kier molecular flexibility index (Phi) is 4.67. The topological polar surface area (TPSA) is 81.7 Å². The number of aromatic nitrogens is 6. The molecule has 0 radical (unpaired) electrons. The highest BCUT2D eigenvalue weighted by molar-refractivity contribution is 7.13. The van der Waals surface area contributed by atoms with Crippen LogP contribution >= 0.6 is 11.3 Å². The van der Waals surface area contributed by atoms with Crippen molar-refractivity contribution in [2.45, 2.75) is 44.6 Å². The summed E-state index contributed by atoms with van der Waals surface area (Å²) >= 11 is 1.24. The van der Waals surface area contributed by atoms with Crippen LogP contribution in [0.1, 0.15) is 60.3 Å². The summed E-state index contributed by atoms with van der Waals surface area (Å²) in [6.07, 6.45) is 7.40. The second-order valence-electron chi connectivity index (χ2n) is 8.97. The summed E-state index contributed by atoms with van der Waals surface area (Å²) < 4.78 is 33.9. The molecule has 6 rings (SSSR count). The van der Waals surface area contributed by atoms with Gasteiger partial charge in [0.2, 0.25) is 0 Å². The van der Waals surface area contributed by atoms with Crippen molar-refractivity contribution in [2.24, 2.45) is 0 Å². The molecule has 8 nitrogen and oxygen atoms in total. The number of fused-ring (bicyclic) bond motifs is 1. The molecule has 1 aliphatic heterocycles. The largest absolute Gasteiger partial charge is 0.309 e. The normalized spacial score (nSPS) is 17.4. The van der Waals surface area contributed by atoms with Gasteiger partial charge < -0.3 is 9.13 Å². The van der Waals surface area contributed by atoms with E-state index in [-0.39, 0.29) is 23.0 Å². The second kappa shape index (κ2) is 7.52. The van der Waals surface area contributed by atoms with Crippen LogP contribution in [0.25, 0.3) is 16.5 Å². The zero-order chi connectivity index (χ0) is 23.6. The number of imidazole rings is 1. The Morgan fingerprint density at radius 1 is 1.21 bits per heavy atom. The number of nitrogens with zero attached hydrogens (tertiary/aromatic N) is 7. The first kappa shape index (κ1) is 21.1. The zero-order valence-corrected chi connectivity index (χ0v) is 19.3. The van der Waals surface area contributed by atoms with Crippen molar-refractivity contribution in [1.82, 2.24) is 29.3 Å². The SMILES string of the molecule is CC(C)n1cnnc1-c1nc(N2CC(F)(F)c3ccc(-n4cnc(C5CC5)c4)cc3C2=O)cs1. The van der Waals surface area contributed by atoms with Crippen molar-refractivity contribution in [3.63, 3.8) is 0 Å². The molecule has 0 bridgehead atoms. The average molecular weight is 482 g/mol. The first-order chi connectivity index (χ1) is 16.3. The van der Waals surface area contributed by atoms with Gasteiger partial charge in [-0.1, -0.05) is 6.07 Å². The molecule has 1 amide bonds. The molecule has 0 atom stereocenters. The predicted octanol–water partition coefficient (Wildman–Crippen LogP) is 4.80. The lowest BCUT2D eigenvalue weighted by Gasteiger charge is -2.33. The number of carbonyl (C=O) groups excluding carboxylic acids is 1. The number of thiazole rings is 1. The first-order valence-corrected chi connectivity index (χ1v) is 11.9. The fourth-order valence-electron chi connectivity index (χ4n) is 4.21. The maximum Gasteiger partial charge on any atom is 0.291 e. The highest BCUT2D eigenvalue weighted by Gasteiger charge is 2.45. The molecule has 11 heteroatoms. The van der Waals surface area contributed by atoms with Gasteiger partial charge in [-0.3, -0.25) is 9.69 Å². The van der Waals surface area contributed by atoms with Gasteiger partial charge in [-0.2, -0.15) is 8.78 Å². The standard InChI is InChI=1S/C23H21F2N7OS/c1-13(2)32-12-27-29-20(32)21-28-19(9-34-21)31-10-23(24,25)17-6-5-15(7-16(17)22(31)33)30-8-18(26-11-30)14-3-4-14/h5-9,11-14H,3-4,10H2,1-2H3. The van der Waals surface area contributed by atoms with Crippen LogP contribution in [0.5, 0.6) is 0 Å². The molecular weight excluding hydrogens is 460 g/mol. The molecule has 0 saturated heterocycles. The van der Waals surface area contributed by atoms with Crippen LogP contribution < -0.4 is 4.90 Å². The van der Waals surface area contributed by atoms with Crippen molar-refractivity contribution in [3.8, 4) is 16.5 Å². The van der Waals surface area contributed by atoms with Crippen LogP contribution in [0.4, 0.5) is 14.6 Å². The van der Waals surface area contributed by atoms with Crippen molar-refractivity contribution in [1.29, 1.82) is 0 Å². The Hall–Kier alpha value is -3.47. The van der Waals surface area contributed by atoms with E-state index in [0.29, 0.717) is 22.4 Å². The second-order valence-corrected chi connectivity index (χ2v) is 9.83. The van der Waals surface area contributed by atoms with Crippen molar-refractivity contribution in [3.05, 3.63) is 59.3 Å². The number of hydrogen-bond donors (Lipinski definition) is 0. The number of anilines is 1. The van der Waals surface area contributed by atoms with Crippen LogP contribution in [-0.4, -0.2) is 41.8 Å². The van der Waals surface area contributed by atoms with Gasteiger partial charge in [-0.05, 0) is 38.8 Å². The zero-order valence-electron chi connectivity index (χ0n) is 18.5. The smallest absolute Gasteiger partial charge is 0.291 e. The van der Waals surface area contributed by atoms with Gasteiger partial charge >= 0.3 is 0 Å². The minimum atomic E-state index is -3.21. The Morgan fingerprint density at radius 2 is 2.03 bits per heavy atom. The summed E-state index contributed by atoms with van der Waals surface area (Å²) in [5, 5.41) is 10.2. The van der Waals surface area contributed by atoms with E-state index in [9.17, 15) is 4.79 Å². The van der Waals surface area contributed by atoms with Gasteiger partial charge in [0.15, 0.2) is 10.8 Å². The van der Waals surface area contributed by atoms with Crippen LogP contribution in [0.2, 0.25) is 0 Å². The summed E-state index contributed by atoms with van der Waals surface area (Å²) in [4.78, 5) is 23.3. The van der Waals surface area contributed by atoms with Crippen molar-refractivity contribution < 1.29 is 13.6 Å². The maximum atomic E-state index is 15.1. The number of amides is 1. The summed E-state index contributed by atoms with van der Waals surface area (Å²) in [7, 11) is 0. The molecule has 1 aliphatic carbocycles. The van der Waals surface area contributed by atoms with E-state index >= 15 is 8.78 Å². The lowest BCUT2D eigenvalue weighted by molar-refractivity contribution is -0.00129. The highest BCUT2D eigenvalue weighted by Crippen LogP contribution is 2.41. The molecule has 4 aromatic rings. The number of halogens is 2. The third-order valence-electron chi connectivity index (χ3n) is 6.22. The lowest BCUT2D eigenvalue weighted by atomic mass is 9.95. The maximum absolute atomic E-state index is 15.1. The molecular formula is C23H21F2N7OS. The van der Waals surface area contributed by atoms with Crippen LogP contribution in [0.3, 0.4) is 0 Å². The van der Waals surface area contributed by atoms with Crippen LogP contribution in [-0.2, 0) is 5.92 Å². The third-order valence-corrected chi connectivity index (χ3v) is 7.04.